The molecule has 144 valence electrons. The van der Waals surface area contributed by atoms with Crippen LogP contribution in [0.4, 0.5) is 0 Å². The first-order valence-corrected chi connectivity index (χ1v) is 9.15. The Balaban J connectivity index is 1.60. The van der Waals surface area contributed by atoms with Gasteiger partial charge in [-0.05, 0) is 51.5 Å². The smallest absolute Gasteiger partial charge is 0.258 e. The number of nitrogens with zero attached hydrogens (tertiary/aromatic N) is 2. The number of nitrogens with one attached hydrogen (secondary N) is 2. The zero-order chi connectivity index (χ0) is 19.4. The fraction of sp³-hybridized carbons (Fsp3) is 0.450. The molecular formula is C20H26N4O3. The largest absolute Gasteiger partial charge is 0.484 e. The van der Waals surface area contributed by atoms with E-state index in [1.807, 2.05) is 55.8 Å². The molecule has 1 aliphatic heterocycles. The number of carbonyl (C=O) groups excluding carboxylic acids is 2. The molecule has 2 aromatic rings. The van der Waals surface area contributed by atoms with Gasteiger partial charge < -0.3 is 19.9 Å². The van der Waals surface area contributed by atoms with Crippen molar-refractivity contribution in [1.82, 2.24) is 20.2 Å². The van der Waals surface area contributed by atoms with Crippen LogP contribution in [-0.2, 0) is 16.1 Å². The van der Waals surface area contributed by atoms with E-state index in [2.05, 4.69) is 15.6 Å². The van der Waals surface area contributed by atoms with Crippen molar-refractivity contribution in [2.75, 3.05) is 6.61 Å². The molecule has 7 nitrogen and oxygen atoms in total. The van der Waals surface area contributed by atoms with Crippen LogP contribution in [0.3, 0.4) is 0 Å². The summed E-state index contributed by atoms with van der Waals surface area (Å²) in [6.07, 6.45) is 5.11. The van der Waals surface area contributed by atoms with Gasteiger partial charge in [-0.2, -0.15) is 0 Å². The highest BCUT2D eigenvalue weighted by atomic mass is 16.5. The molecule has 7 heteroatoms. The fourth-order valence-corrected chi connectivity index (χ4v) is 3.07. The molecule has 1 aromatic heterocycles. The third kappa shape index (κ3) is 5.32. The second-order valence-electron chi connectivity index (χ2n) is 7.82. The molecule has 1 atom stereocenters. The predicted molar refractivity (Wildman–Crippen MR) is 102 cm³/mol. The molecule has 0 aliphatic carbocycles. The lowest BCUT2D eigenvalue weighted by Gasteiger charge is -2.20. The molecule has 0 radical (unpaired) electrons. The highest BCUT2D eigenvalue weighted by Crippen LogP contribution is 2.22. The van der Waals surface area contributed by atoms with Gasteiger partial charge in [0, 0.05) is 42.5 Å². The quantitative estimate of drug-likeness (QED) is 0.816. The maximum atomic E-state index is 11.8. The lowest BCUT2D eigenvalue weighted by atomic mass is 10.1. The number of hydrogen-bond acceptors (Lipinski definition) is 4. The van der Waals surface area contributed by atoms with Crippen LogP contribution < -0.4 is 15.4 Å². The van der Waals surface area contributed by atoms with Gasteiger partial charge in [-0.15, -0.1) is 0 Å². The molecule has 2 heterocycles. The number of rotatable bonds is 6. The predicted octanol–water partition coefficient (Wildman–Crippen LogP) is 2.12. The molecule has 1 fully saturated rings. The molecule has 1 aromatic carbocycles. The van der Waals surface area contributed by atoms with E-state index in [4.69, 9.17) is 4.74 Å². The first kappa shape index (κ1) is 18.9. The van der Waals surface area contributed by atoms with Crippen molar-refractivity contribution in [3.8, 4) is 17.1 Å². The topological polar surface area (TPSA) is 85.2 Å². The van der Waals surface area contributed by atoms with E-state index in [1.165, 1.54) is 0 Å². The van der Waals surface area contributed by atoms with Crippen LogP contribution in [0.5, 0.6) is 5.75 Å². The Morgan fingerprint density at radius 2 is 2.07 bits per heavy atom. The zero-order valence-electron chi connectivity index (χ0n) is 16.0. The van der Waals surface area contributed by atoms with Crippen LogP contribution >= 0.6 is 0 Å². The molecule has 27 heavy (non-hydrogen) atoms. The van der Waals surface area contributed by atoms with Gasteiger partial charge >= 0.3 is 0 Å². The molecule has 1 unspecified atom stereocenters. The Kier molecular flexibility index (Phi) is 5.48. The number of imidazole rings is 1. The van der Waals surface area contributed by atoms with Crippen LogP contribution in [0.25, 0.3) is 11.4 Å². The Bertz CT molecular complexity index is 805. The third-order valence-electron chi connectivity index (χ3n) is 4.21. The minimum Gasteiger partial charge on any atom is -0.484 e. The Labute approximate surface area is 159 Å². The Morgan fingerprint density at radius 3 is 2.70 bits per heavy atom. The van der Waals surface area contributed by atoms with Crippen molar-refractivity contribution in [3.63, 3.8) is 0 Å². The lowest BCUT2D eigenvalue weighted by Crippen LogP contribution is -2.43. The van der Waals surface area contributed by atoms with Crippen LogP contribution in [0.1, 0.15) is 33.6 Å². The number of benzene rings is 1. The summed E-state index contributed by atoms with van der Waals surface area (Å²) in [7, 11) is 0. The summed E-state index contributed by atoms with van der Waals surface area (Å²) in [6, 6.07) is 7.65. The molecule has 2 amide bonds. The second-order valence-corrected chi connectivity index (χ2v) is 7.82. The van der Waals surface area contributed by atoms with Gasteiger partial charge in [-0.3, -0.25) is 9.59 Å². The molecule has 0 bridgehead atoms. The highest BCUT2D eigenvalue weighted by molar-refractivity contribution is 5.78. The Hall–Kier alpha value is -2.83. The molecule has 1 aliphatic rings. The fourth-order valence-electron chi connectivity index (χ4n) is 3.07. The number of aromatic nitrogens is 2. The van der Waals surface area contributed by atoms with E-state index in [-0.39, 0.29) is 30.0 Å². The number of carbonyl (C=O) groups is 2. The van der Waals surface area contributed by atoms with Crippen molar-refractivity contribution >= 4 is 11.8 Å². The van der Waals surface area contributed by atoms with Crippen molar-refractivity contribution in [3.05, 3.63) is 36.7 Å². The minimum atomic E-state index is -0.278. The van der Waals surface area contributed by atoms with Crippen molar-refractivity contribution < 1.29 is 14.3 Å². The maximum absolute atomic E-state index is 11.8. The summed E-state index contributed by atoms with van der Waals surface area (Å²) >= 11 is 0. The highest BCUT2D eigenvalue weighted by Gasteiger charge is 2.22. The van der Waals surface area contributed by atoms with Gasteiger partial charge in [-0.25, -0.2) is 4.98 Å². The second kappa shape index (κ2) is 7.82. The summed E-state index contributed by atoms with van der Waals surface area (Å²) in [6.45, 7) is 6.47. The van der Waals surface area contributed by atoms with Crippen molar-refractivity contribution in [1.29, 1.82) is 0 Å². The number of ether oxygens (including phenoxy) is 1. The average Bonchev–Trinajstić information content (AvgIpc) is 3.21. The molecule has 0 spiro atoms. The van der Waals surface area contributed by atoms with Crippen LogP contribution in [0.15, 0.2) is 36.7 Å². The molecule has 1 saturated heterocycles. The lowest BCUT2D eigenvalue weighted by molar-refractivity contribution is -0.124. The van der Waals surface area contributed by atoms with Crippen LogP contribution in [-0.4, -0.2) is 39.6 Å². The third-order valence-corrected chi connectivity index (χ3v) is 4.21. The van der Waals surface area contributed by atoms with Gasteiger partial charge in [0.1, 0.15) is 11.6 Å². The van der Waals surface area contributed by atoms with E-state index in [1.54, 1.807) is 6.20 Å². The Morgan fingerprint density at radius 1 is 1.33 bits per heavy atom. The van der Waals surface area contributed by atoms with Gasteiger partial charge in [-0.1, -0.05) is 0 Å². The molecular weight excluding hydrogens is 344 g/mol. The number of amides is 2. The van der Waals surface area contributed by atoms with Crippen LogP contribution in [0, 0.1) is 0 Å². The van der Waals surface area contributed by atoms with Crippen molar-refractivity contribution in [2.24, 2.45) is 0 Å². The normalized spacial score (nSPS) is 16.9. The van der Waals surface area contributed by atoms with Gasteiger partial charge in [0.25, 0.3) is 5.91 Å². The number of hydrogen-bond donors (Lipinski definition) is 2. The van der Waals surface area contributed by atoms with E-state index in [0.29, 0.717) is 18.7 Å². The summed E-state index contributed by atoms with van der Waals surface area (Å²) in [5.41, 5.74) is 0.677. The SMILES string of the molecule is CC(C)(C)NC(=O)COc1ccc(-c2nccn2CC2CCC(=O)N2)cc1. The molecule has 3 rings (SSSR count). The molecule has 0 saturated carbocycles. The zero-order valence-corrected chi connectivity index (χ0v) is 16.0. The summed E-state index contributed by atoms with van der Waals surface area (Å²) < 4.78 is 7.59. The van der Waals surface area contributed by atoms with E-state index in [0.717, 1.165) is 17.8 Å². The van der Waals surface area contributed by atoms with Gasteiger partial charge in [0.05, 0.1) is 0 Å². The van der Waals surface area contributed by atoms with E-state index < -0.39 is 0 Å². The van der Waals surface area contributed by atoms with Crippen molar-refractivity contribution in [2.45, 2.75) is 51.7 Å². The van der Waals surface area contributed by atoms with Crippen LogP contribution in [0.2, 0.25) is 0 Å². The van der Waals surface area contributed by atoms with Gasteiger partial charge in [0.15, 0.2) is 6.61 Å². The first-order chi connectivity index (χ1) is 12.8. The summed E-state index contributed by atoms with van der Waals surface area (Å²) in [4.78, 5) is 27.7. The average molecular weight is 370 g/mol. The monoisotopic (exact) mass is 370 g/mol. The van der Waals surface area contributed by atoms with Gasteiger partial charge in [0.2, 0.25) is 5.91 Å². The van der Waals surface area contributed by atoms with E-state index in [9.17, 15) is 9.59 Å². The summed E-state index contributed by atoms with van der Waals surface area (Å²) in [5.74, 6) is 1.43. The standard InChI is InChI=1S/C20H26N4O3/c1-20(2,3)23-18(26)13-27-16-7-4-14(5-8-16)19-21-10-11-24(19)12-15-6-9-17(25)22-15/h4-5,7-8,10-11,15H,6,9,12-13H2,1-3H3,(H,22,25)(H,23,26). The minimum absolute atomic E-state index is 0.0212. The molecule has 2 N–H and O–H groups in total. The summed E-state index contributed by atoms with van der Waals surface area (Å²) in [5, 5.41) is 5.84. The maximum Gasteiger partial charge on any atom is 0.258 e. The van der Waals surface area contributed by atoms with E-state index >= 15 is 0 Å². The first-order valence-electron chi connectivity index (χ1n) is 9.15.